The summed E-state index contributed by atoms with van der Waals surface area (Å²) in [6.07, 6.45) is 0.944. The Morgan fingerprint density at radius 1 is 1.04 bits per heavy atom. The number of carbonyl (C=O) groups is 2. The first-order valence-electron chi connectivity index (χ1n) is 9.08. The van der Waals surface area contributed by atoms with Crippen LogP contribution in [0.5, 0.6) is 0 Å². The van der Waals surface area contributed by atoms with Gasteiger partial charge in [-0.15, -0.1) is 0 Å². The first-order valence-corrected chi connectivity index (χ1v) is 9.08. The van der Waals surface area contributed by atoms with E-state index in [0.29, 0.717) is 12.1 Å². The van der Waals surface area contributed by atoms with E-state index < -0.39 is 0 Å². The van der Waals surface area contributed by atoms with Crippen molar-refractivity contribution in [1.82, 2.24) is 10.2 Å². The van der Waals surface area contributed by atoms with Crippen LogP contribution in [0.4, 0.5) is 0 Å². The predicted molar refractivity (Wildman–Crippen MR) is 105 cm³/mol. The topological polar surface area (TPSA) is 49.4 Å². The maximum absolute atomic E-state index is 13.1. The molecule has 0 saturated carbocycles. The molecule has 0 radical (unpaired) electrons. The van der Waals surface area contributed by atoms with Gasteiger partial charge in [0, 0.05) is 26.2 Å². The lowest BCUT2D eigenvalue weighted by Crippen LogP contribution is -2.34. The van der Waals surface area contributed by atoms with Gasteiger partial charge in [-0.3, -0.25) is 9.59 Å². The second kappa shape index (κ2) is 9.18. The van der Waals surface area contributed by atoms with Crippen molar-refractivity contribution in [3.05, 3.63) is 71.3 Å². The Kier molecular flexibility index (Phi) is 6.96. The molecule has 1 N–H and O–H groups in total. The van der Waals surface area contributed by atoms with E-state index in [9.17, 15) is 9.59 Å². The highest BCUT2D eigenvalue weighted by Gasteiger charge is 2.28. The van der Waals surface area contributed by atoms with Crippen molar-refractivity contribution in [1.29, 1.82) is 0 Å². The Morgan fingerprint density at radius 2 is 1.65 bits per heavy atom. The van der Waals surface area contributed by atoms with Crippen molar-refractivity contribution in [2.24, 2.45) is 5.92 Å². The first kappa shape index (κ1) is 19.7. The van der Waals surface area contributed by atoms with Crippen molar-refractivity contribution in [3.8, 4) is 0 Å². The molecule has 0 bridgehead atoms. The van der Waals surface area contributed by atoms with Crippen molar-refractivity contribution >= 4 is 11.8 Å². The number of rotatable bonds is 7. The number of benzene rings is 2. The summed E-state index contributed by atoms with van der Waals surface area (Å²) >= 11 is 0. The zero-order valence-electron chi connectivity index (χ0n) is 16.0. The summed E-state index contributed by atoms with van der Waals surface area (Å²) in [5.41, 5.74) is 2.69. The van der Waals surface area contributed by atoms with Crippen LogP contribution in [0.25, 0.3) is 0 Å². The minimum Gasteiger partial charge on any atom is -0.355 e. The SMILES string of the molecule is CC[C@H](C)[C@@H](C(=O)N(C)Cc1ccc(C(=O)NC)cc1)c1ccccc1. The lowest BCUT2D eigenvalue weighted by molar-refractivity contribution is -0.133. The van der Waals surface area contributed by atoms with Crippen LogP contribution in [0.3, 0.4) is 0 Å². The highest BCUT2D eigenvalue weighted by molar-refractivity contribution is 5.94. The Bertz CT molecular complexity index is 726. The predicted octanol–water partition coefficient (Wildman–Crippen LogP) is 3.83. The zero-order valence-corrected chi connectivity index (χ0v) is 16.0. The van der Waals surface area contributed by atoms with E-state index in [1.54, 1.807) is 24.1 Å². The quantitative estimate of drug-likeness (QED) is 0.823. The molecule has 0 aliphatic carbocycles. The number of nitrogens with zero attached hydrogens (tertiary/aromatic N) is 1. The number of nitrogens with one attached hydrogen (secondary N) is 1. The molecule has 0 heterocycles. The maximum Gasteiger partial charge on any atom is 0.251 e. The van der Waals surface area contributed by atoms with E-state index in [0.717, 1.165) is 17.5 Å². The molecule has 2 rings (SSSR count). The van der Waals surface area contributed by atoms with Crippen LogP contribution in [0.1, 0.15) is 47.7 Å². The Balaban J connectivity index is 2.14. The molecule has 2 aromatic carbocycles. The van der Waals surface area contributed by atoms with Gasteiger partial charge in [0.25, 0.3) is 5.91 Å². The van der Waals surface area contributed by atoms with Gasteiger partial charge < -0.3 is 10.2 Å². The largest absolute Gasteiger partial charge is 0.355 e. The van der Waals surface area contributed by atoms with Gasteiger partial charge >= 0.3 is 0 Å². The molecule has 2 amide bonds. The fraction of sp³-hybridized carbons (Fsp3) is 0.364. The van der Waals surface area contributed by atoms with Crippen LogP contribution >= 0.6 is 0 Å². The normalized spacial score (nSPS) is 12.9. The number of likely N-dealkylation sites (N-methyl/N-ethyl adjacent to an activating group) is 1. The summed E-state index contributed by atoms with van der Waals surface area (Å²) in [6, 6.07) is 17.4. The lowest BCUT2D eigenvalue weighted by atomic mass is 9.84. The molecule has 26 heavy (non-hydrogen) atoms. The average molecular weight is 352 g/mol. The lowest BCUT2D eigenvalue weighted by Gasteiger charge is -2.28. The number of hydrogen-bond donors (Lipinski definition) is 1. The molecular weight excluding hydrogens is 324 g/mol. The number of carbonyl (C=O) groups excluding carboxylic acids is 2. The zero-order chi connectivity index (χ0) is 19.1. The molecule has 0 aliphatic rings. The monoisotopic (exact) mass is 352 g/mol. The molecule has 2 aromatic rings. The van der Waals surface area contributed by atoms with Crippen LogP contribution < -0.4 is 5.32 Å². The molecule has 0 spiro atoms. The first-order chi connectivity index (χ1) is 12.5. The smallest absolute Gasteiger partial charge is 0.251 e. The van der Waals surface area contributed by atoms with Crippen molar-refractivity contribution < 1.29 is 9.59 Å². The van der Waals surface area contributed by atoms with E-state index in [1.807, 2.05) is 49.5 Å². The second-order valence-electron chi connectivity index (χ2n) is 6.74. The van der Waals surface area contributed by atoms with Crippen LogP contribution in [0, 0.1) is 5.92 Å². The Morgan fingerprint density at radius 3 is 2.19 bits per heavy atom. The van der Waals surface area contributed by atoms with Gasteiger partial charge in [0.05, 0.1) is 5.92 Å². The van der Waals surface area contributed by atoms with Gasteiger partial charge in [-0.1, -0.05) is 62.7 Å². The average Bonchev–Trinajstić information content (AvgIpc) is 2.68. The molecule has 2 atom stereocenters. The molecule has 138 valence electrons. The molecule has 0 aromatic heterocycles. The minimum absolute atomic E-state index is 0.109. The van der Waals surface area contributed by atoms with Crippen LogP contribution in [-0.4, -0.2) is 30.8 Å². The molecule has 0 aliphatic heterocycles. The molecule has 0 saturated heterocycles. The molecular formula is C22H28N2O2. The number of amides is 2. The summed E-state index contributed by atoms with van der Waals surface area (Å²) in [6.45, 7) is 4.76. The summed E-state index contributed by atoms with van der Waals surface area (Å²) in [5.74, 6) is 0.141. The highest BCUT2D eigenvalue weighted by atomic mass is 16.2. The van der Waals surface area contributed by atoms with Crippen LogP contribution in [0.15, 0.2) is 54.6 Å². The minimum atomic E-state index is -0.142. The van der Waals surface area contributed by atoms with E-state index in [4.69, 9.17) is 0 Å². The van der Waals surface area contributed by atoms with E-state index in [-0.39, 0.29) is 23.7 Å². The fourth-order valence-electron chi connectivity index (χ4n) is 3.11. The van der Waals surface area contributed by atoms with Crippen molar-refractivity contribution in [2.75, 3.05) is 14.1 Å². The fourth-order valence-corrected chi connectivity index (χ4v) is 3.11. The van der Waals surface area contributed by atoms with Crippen molar-refractivity contribution in [2.45, 2.75) is 32.7 Å². The van der Waals surface area contributed by atoms with Gasteiger partial charge in [0.2, 0.25) is 5.91 Å². The van der Waals surface area contributed by atoms with Gasteiger partial charge in [0.15, 0.2) is 0 Å². The summed E-state index contributed by atoms with van der Waals surface area (Å²) in [7, 11) is 3.45. The van der Waals surface area contributed by atoms with Gasteiger partial charge in [-0.2, -0.15) is 0 Å². The molecule has 4 nitrogen and oxygen atoms in total. The molecule has 0 fully saturated rings. The van der Waals surface area contributed by atoms with Gasteiger partial charge in [-0.05, 0) is 29.2 Å². The third-order valence-electron chi connectivity index (χ3n) is 4.88. The highest BCUT2D eigenvalue weighted by Crippen LogP contribution is 2.29. The summed E-state index contributed by atoms with van der Waals surface area (Å²) < 4.78 is 0. The van der Waals surface area contributed by atoms with E-state index >= 15 is 0 Å². The second-order valence-corrected chi connectivity index (χ2v) is 6.74. The van der Waals surface area contributed by atoms with E-state index in [2.05, 4.69) is 19.2 Å². The van der Waals surface area contributed by atoms with Crippen LogP contribution in [-0.2, 0) is 11.3 Å². The standard InChI is InChI=1S/C22H28N2O2/c1-5-16(2)20(18-9-7-6-8-10-18)22(26)24(4)15-17-11-13-19(14-12-17)21(25)23-3/h6-14,16,20H,5,15H2,1-4H3,(H,23,25)/t16-,20+/m0/s1. The van der Waals surface area contributed by atoms with Crippen molar-refractivity contribution in [3.63, 3.8) is 0 Å². The number of hydrogen-bond acceptors (Lipinski definition) is 2. The summed E-state index contributed by atoms with van der Waals surface area (Å²) in [4.78, 5) is 26.5. The van der Waals surface area contributed by atoms with E-state index in [1.165, 1.54) is 0 Å². The van der Waals surface area contributed by atoms with Gasteiger partial charge in [-0.25, -0.2) is 0 Å². The Labute approximate surface area is 156 Å². The van der Waals surface area contributed by atoms with Gasteiger partial charge in [0.1, 0.15) is 0 Å². The third-order valence-corrected chi connectivity index (χ3v) is 4.88. The third kappa shape index (κ3) is 4.72. The molecule has 4 heteroatoms. The van der Waals surface area contributed by atoms with Crippen LogP contribution in [0.2, 0.25) is 0 Å². The maximum atomic E-state index is 13.1. The summed E-state index contributed by atoms with van der Waals surface area (Å²) in [5, 5.41) is 2.61. The Hall–Kier alpha value is -2.62. The molecule has 0 unspecified atom stereocenters.